The van der Waals surface area contributed by atoms with E-state index in [1.807, 2.05) is 6.92 Å². The molecule has 0 saturated carbocycles. The lowest BCUT2D eigenvalue weighted by molar-refractivity contribution is -0.144. The number of rotatable bonds is 5. The van der Waals surface area contributed by atoms with Gasteiger partial charge in [0.2, 0.25) is 23.6 Å². The van der Waals surface area contributed by atoms with Crippen molar-refractivity contribution >= 4 is 52.6 Å². The molecule has 4 amide bonds. The van der Waals surface area contributed by atoms with Crippen molar-refractivity contribution in [1.29, 1.82) is 0 Å². The largest absolute Gasteiger partial charge is 0.394 e. The molecule has 2 aliphatic rings. The normalized spacial score (nSPS) is 31.7. The minimum atomic E-state index is -1.53. The van der Waals surface area contributed by atoms with Crippen LogP contribution in [0.15, 0.2) is 30.3 Å². The fourth-order valence-electron chi connectivity index (χ4n) is 5.08. The van der Waals surface area contributed by atoms with E-state index in [-0.39, 0.29) is 25.2 Å². The van der Waals surface area contributed by atoms with E-state index in [0.29, 0.717) is 18.4 Å². The summed E-state index contributed by atoms with van der Waals surface area (Å²) in [7, 11) is 0. The second-order valence-electron chi connectivity index (χ2n) is 10.3. The highest BCUT2D eigenvalue weighted by Crippen LogP contribution is 2.31. The van der Waals surface area contributed by atoms with E-state index in [4.69, 9.17) is 23.2 Å². The number of hydrogen-bond donors (Lipinski definition) is 5. The number of amides is 4. The van der Waals surface area contributed by atoms with E-state index >= 15 is 0 Å². The molecule has 5 N–H and O–H groups in total. The molecular formula is C27H36Cl2N4O7. The molecule has 0 spiro atoms. The van der Waals surface area contributed by atoms with Gasteiger partial charge in [-0.1, -0.05) is 43.7 Å². The maximum atomic E-state index is 13.7. The van der Waals surface area contributed by atoms with Crippen molar-refractivity contribution < 1.29 is 34.2 Å². The first-order valence-corrected chi connectivity index (χ1v) is 14.2. The molecule has 0 aliphatic carbocycles. The number of ketones is 1. The average Bonchev–Trinajstić information content (AvgIpc) is 3.22. The molecule has 2 aliphatic heterocycles. The Bertz CT molecular complexity index is 1090. The number of benzene rings is 1. The Balaban J connectivity index is 2.04. The van der Waals surface area contributed by atoms with Crippen molar-refractivity contribution in [1.82, 2.24) is 20.9 Å². The number of nitrogens with one attached hydrogen (secondary N) is 3. The molecule has 1 aromatic rings. The molecule has 220 valence electrons. The van der Waals surface area contributed by atoms with Crippen LogP contribution in [0.4, 0.5) is 0 Å². The Kier molecular flexibility index (Phi) is 11.3. The first-order chi connectivity index (χ1) is 19.0. The van der Waals surface area contributed by atoms with E-state index in [1.165, 1.54) is 11.8 Å². The quantitative estimate of drug-likeness (QED) is 0.306. The van der Waals surface area contributed by atoms with Gasteiger partial charge in [0.15, 0.2) is 0 Å². The number of hydrogen-bond acceptors (Lipinski definition) is 7. The van der Waals surface area contributed by atoms with Crippen LogP contribution >= 0.6 is 23.2 Å². The summed E-state index contributed by atoms with van der Waals surface area (Å²) in [4.78, 5) is 67.8. The molecule has 1 aromatic carbocycles. The zero-order valence-corrected chi connectivity index (χ0v) is 23.9. The highest BCUT2D eigenvalue weighted by molar-refractivity contribution is 6.32. The molecule has 2 fully saturated rings. The third kappa shape index (κ3) is 7.51. The number of alkyl halides is 2. The van der Waals surface area contributed by atoms with E-state index in [2.05, 4.69) is 16.0 Å². The van der Waals surface area contributed by atoms with Crippen molar-refractivity contribution in [3.05, 3.63) is 35.9 Å². The van der Waals surface area contributed by atoms with Crippen molar-refractivity contribution in [3.63, 3.8) is 0 Å². The standard InChI is InChI=1S/C27H36Cl2N4O7/c1-3-7-16-10-17(36)11-19(15-8-5-4-6-9-15)30-24(37)20(13-34)31-25(38)22(14(2)35)32-26(39)23-21(29)18(28)12-33(23)27(16)40/h4-6,8-9,14,16,18-23,34-35H,3,7,10-13H2,1-2H3,(H,30,37)(H,31,38)(H,32,39)/t14?,16-,18+,19+,20?,21+,22-,23-/m0/s1. The summed E-state index contributed by atoms with van der Waals surface area (Å²) in [5.74, 6) is -4.05. The van der Waals surface area contributed by atoms with Crippen molar-refractivity contribution in [3.8, 4) is 0 Å². The number of carbonyl (C=O) groups is 5. The summed E-state index contributed by atoms with van der Waals surface area (Å²) in [6, 6.07) is 3.69. The number of fused-ring (bicyclic) bond motifs is 1. The van der Waals surface area contributed by atoms with Crippen LogP contribution in [0.2, 0.25) is 0 Å². The molecule has 0 radical (unpaired) electrons. The summed E-state index contributed by atoms with van der Waals surface area (Å²) >= 11 is 12.8. The van der Waals surface area contributed by atoms with Gasteiger partial charge in [0.1, 0.15) is 23.9 Å². The minimum Gasteiger partial charge on any atom is -0.394 e. The van der Waals surface area contributed by atoms with Gasteiger partial charge in [0.05, 0.1) is 29.5 Å². The first kappa shape index (κ1) is 31.8. The molecule has 2 heterocycles. The number of carbonyl (C=O) groups excluding carboxylic acids is 5. The van der Waals surface area contributed by atoms with Gasteiger partial charge < -0.3 is 31.1 Å². The summed E-state index contributed by atoms with van der Waals surface area (Å²) in [6.45, 7) is 2.31. The smallest absolute Gasteiger partial charge is 0.245 e. The third-order valence-electron chi connectivity index (χ3n) is 7.19. The first-order valence-electron chi connectivity index (χ1n) is 13.3. The Hall–Kier alpha value is -2.73. The van der Waals surface area contributed by atoms with E-state index in [1.54, 1.807) is 30.3 Å². The van der Waals surface area contributed by atoms with Crippen LogP contribution < -0.4 is 16.0 Å². The van der Waals surface area contributed by atoms with Gasteiger partial charge in [-0.15, -0.1) is 23.2 Å². The van der Waals surface area contributed by atoms with Gasteiger partial charge in [-0.25, -0.2) is 0 Å². The molecule has 40 heavy (non-hydrogen) atoms. The average molecular weight is 600 g/mol. The number of halogens is 2. The zero-order valence-electron chi connectivity index (χ0n) is 22.4. The van der Waals surface area contributed by atoms with Crippen LogP contribution in [-0.4, -0.2) is 92.7 Å². The maximum Gasteiger partial charge on any atom is 0.245 e. The van der Waals surface area contributed by atoms with Crippen LogP contribution in [0.3, 0.4) is 0 Å². The molecule has 0 bridgehead atoms. The lowest BCUT2D eigenvalue weighted by Gasteiger charge is -2.31. The minimum absolute atomic E-state index is 0.0398. The number of aliphatic hydroxyl groups is 2. The van der Waals surface area contributed by atoms with Crippen molar-refractivity contribution in [2.45, 2.75) is 80.6 Å². The van der Waals surface area contributed by atoms with Crippen LogP contribution in [0.25, 0.3) is 0 Å². The van der Waals surface area contributed by atoms with E-state index in [0.717, 1.165) is 0 Å². The summed E-state index contributed by atoms with van der Waals surface area (Å²) in [5, 5.41) is 25.9. The molecule has 8 atom stereocenters. The SMILES string of the molecule is CCC[C@H]1CC(=O)C[C@H](c2ccccc2)NC(=O)C(CO)NC(=O)[C@H](C(C)O)NC(=O)[C@@H]2[C@H](Cl)[C@H](Cl)CN2C1=O. The third-order valence-corrected chi connectivity index (χ3v) is 8.28. The molecule has 3 rings (SSSR count). The van der Waals surface area contributed by atoms with Gasteiger partial charge in [-0.2, -0.15) is 0 Å². The Morgan fingerprint density at radius 3 is 2.25 bits per heavy atom. The van der Waals surface area contributed by atoms with E-state index < -0.39 is 77.2 Å². The summed E-state index contributed by atoms with van der Waals surface area (Å²) in [5.41, 5.74) is 0.621. The number of Topliss-reactive ketones (excluding diaryl/α,β-unsaturated/α-hetero) is 1. The monoisotopic (exact) mass is 598 g/mol. The summed E-state index contributed by atoms with van der Waals surface area (Å²) in [6.07, 6.45) is -0.731. The van der Waals surface area contributed by atoms with Crippen molar-refractivity contribution in [2.75, 3.05) is 13.2 Å². The molecule has 2 unspecified atom stereocenters. The van der Waals surface area contributed by atoms with E-state index in [9.17, 15) is 34.2 Å². The zero-order chi connectivity index (χ0) is 29.6. The fourth-order valence-corrected chi connectivity index (χ4v) is 5.69. The summed E-state index contributed by atoms with van der Waals surface area (Å²) < 4.78 is 0. The maximum absolute atomic E-state index is 13.7. The van der Waals surface area contributed by atoms with Gasteiger partial charge in [-0.05, 0) is 18.9 Å². The molecule has 13 heteroatoms. The van der Waals surface area contributed by atoms with Crippen LogP contribution in [0.5, 0.6) is 0 Å². The van der Waals surface area contributed by atoms with Gasteiger partial charge in [0, 0.05) is 25.3 Å². The van der Waals surface area contributed by atoms with Crippen LogP contribution in [0.1, 0.15) is 51.1 Å². The molecule has 11 nitrogen and oxygen atoms in total. The predicted molar refractivity (Wildman–Crippen MR) is 147 cm³/mol. The second-order valence-corrected chi connectivity index (χ2v) is 11.3. The Morgan fingerprint density at radius 1 is 0.975 bits per heavy atom. The van der Waals surface area contributed by atoms with Crippen molar-refractivity contribution in [2.24, 2.45) is 5.92 Å². The Morgan fingerprint density at radius 2 is 1.65 bits per heavy atom. The molecule has 0 aromatic heterocycles. The highest BCUT2D eigenvalue weighted by atomic mass is 35.5. The van der Waals surface area contributed by atoms with Crippen LogP contribution in [-0.2, 0) is 24.0 Å². The fraction of sp³-hybridized carbons (Fsp3) is 0.593. The second kappa shape index (κ2) is 14.2. The lowest BCUT2D eigenvalue weighted by atomic mass is 9.91. The van der Waals surface area contributed by atoms with Gasteiger partial charge in [0.25, 0.3) is 0 Å². The molecular weight excluding hydrogens is 563 g/mol. The highest BCUT2D eigenvalue weighted by Gasteiger charge is 2.48. The predicted octanol–water partition coefficient (Wildman–Crippen LogP) is 0.391. The van der Waals surface area contributed by atoms with Gasteiger partial charge >= 0.3 is 0 Å². The van der Waals surface area contributed by atoms with Gasteiger partial charge in [-0.3, -0.25) is 24.0 Å². The Labute approximate surface area is 242 Å². The van der Waals surface area contributed by atoms with Crippen LogP contribution in [0, 0.1) is 5.92 Å². The number of nitrogens with zero attached hydrogens (tertiary/aromatic N) is 1. The lowest BCUT2D eigenvalue weighted by Crippen LogP contribution is -2.61. The topological polar surface area (TPSA) is 165 Å². The number of aliphatic hydroxyl groups excluding tert-OH is 2. The molecule has 2 saturated heterocycles.